The summed E-state index contributed by atoms with van der Waals surface area (Å²) in [5, 5.41) is 4.35. The summed E-state index contributed by atoms with van der Waals surface area (Å²) in [6, 6.07) is 10.3. The Bertz CT molecular complexity index is 1050. The second kappa shape index (κ2) is 8.83. The van der Waals surface area contributed by atoms with Gasteiger partial charge in [0.2, 0.25) is 17.6 Å². The lowest BCUT2D eigenvalue weighted by Gasteiger charge is -2.30. The van der Waals surface area contributed by atoms with Crippen molar-refractivity contribution in [3.8, 4) is 17.1 Å². The van der Waals surface area contributed by atoms with Crippen LogP contribution in [0.4, 0.5) is 10.1 Å². The number of amides is 1. The first-order valence-electron chi connectivity index (χ1n) is 9.80. The molecule has 1 amide bonds. The van der Waals surface area contributed by atoms with E-state index in [-0.39, 0.29) is 12.3 Å². The molecule has 8 heteroatoms. The average Bonchev–Trinajstić information content (AvgIpc) is 3.22. The summed E-state index contributed by atoms with van der Waals surface area (Å²) >= 11 is 5.95. The Kier molecular flexibility index (Phi) is 5.99. The number of halogens is 2. The van der Waals surface area contributed by atoms with Crippen LogP contribution in [0.15, 0.2) is 40.9 Å². The highest BCUT2D eigenvalue weighted by atomic mass is 35.5. The molecule has 2 aromatic carbocycles. The van der Waals surface area contributed by atoms with Crippen LogP contribution < -0.4 is 9.64 Å². The van der Waals surface area contributed by atoms with Gasteiger partial charge in [-0.25, -0.2) is 4.39 Å². The fourth-order valence-electron chi connectivity index (χ4n) is 3.64. The Labute approximate surface area is 178 Å². The van der Waals surface area contributed by atoms with Crippen LogP contribution in [0.25, 0.3) is 11.4 Å². The third-order valence-electron chi connectivity index (χ3n) is 5.10. The maximum absolute atomic E-state index is 14.4. The zero-order valence-corrected chi connectivity index (χ0v) is 17.3. The van der Waals surface area contributed by atoms with Gasteiger partial charge in [-0.1, -0.05) is 16.8 Å². The number of ether oxygens (including phenoxy) is 1. The van der Waals surface area contributed by atoms with E-state index < -0.39 is 5.82 Å². The minimum absolute atomic E-state index is 0.118. The maximum atomic E-state index is 14.4. The molecule has 4 rings (SSSR count). The fraction of sp³-hybridized carbons (Fsp3) is 0.318. The zero-order valence-electron chi connectivity index (χ0n) is 16.5. The molecule has 0 spiro atoms. The highest BCUT2D eigenvalue weighted by Gasteiger charge is 2.26. The van der Waals surface area contributed by atoms with Gasteiger partial charge in [0.25, 0.3) is 0 Å². The summed E-state index contributed by atoms with van der Waals surface area (Å²) in [7, 11) is 1.61. The van der Waals surface area contributed by atoms with E-state index in [1.54, 1.807) is 13.2 Å². The number of fused-ring (bicyclic) bond motifs is 1. The number of benzene rings is 2. The minimum Gasteiger partial charge on any atom is -0.497 e. The predicted octanol–water partition coefficient (Wildman–Crippen LogP) is 4.84. The van der Waals surface area contributed by atoms with Gasteiger partial charge in [0.15, 0.2) is 0 Å². The van der Waals surface area contributed by atoms with Gasteiger partial charge in [-0.2, -0.15) is 4.98 Å². The second-order valence-corrected chi connectivity index (χ2v) is 7.57. The monoisotopic (exact) mass is 429 g/mol. The number of carbonyl (C=O) groups excluding carboxylic acids is 1. The molecule has 0 radical (unpaired) electrons. The number of rotatable bonds is 6. The number of hydrogen-bond donors (Lipinski definition) is 0. The molecule has 0 bridgehead atoms. The zero-order chi connectivity index (χ0) is 21.1. The van der Waals surface area contributed by atoms with Gasteiger partial charge in [-0.3, -0.25) is 4.79 Å². The molecule has 0 N–H and O–H groups in total. The van der Waals surface area contributed by atoms with Crippen molar-refractivity contribution >= 4 is 23.2 Å². The standard InChI is InChI=1S/C22H21ClFN3O3/c1-29-17-9-7-14(8-10-17)22-25-19(30-26-22)5-2-6-20(28)27-11-3-4-15-12-16(23)13-18(24)21(15)27/h7-10,12-13H,2-6,11H2,1H3. The van der Waals surface area contributed by atoms with Crippen LogP contribution in [0.2, 0.25) is 5.02 Å². The first-order valence-corrected chi connectivity index (χ1v) is 10.2. The van der Waals surface area contributed by atoms with Gasteiger partial charge in [0.05, 0.1) is 12.8 Å². The fourth-order valence-corrected chi connectivity index (χ4v) is 3.87. The van der Waals surface area contributed by atoms with E-state index in [1.807, 2.05) is 24.3 Å². The maximum Gasteiger partial charge on any atom is 0.227 e. The summed E-state index contributed by atoms with van der Waals surface area (Å²) in [6.45, 7) is 0.507. The first kappa shape index (κ1) is 20.3. The van der Waals surface area contributed by atoms with Crippen LogP contribution in [0, 0.1) is 5.82 Å². The highest BCUT2D eigenvalue weighted by molar-refractivity contribution is 6.30. The second-order valence-electron chi connectivity index (χ2n) is 7.14. The lowest BCUT2D eigenvalue weighted by molar-refractivity contribution is -0.118. The summed E-state index contributed by atoms with van der Waals surface area (Å²) in [5.74, 6) is 1.13. The van der Waals surface area contributed by atoms with Crippen molar-refractivity contribution in [3.63, 3.8) is 0 Å². The molecule has 0 saturated carbocycles. The van der Waals surface area contributed by atoms with E-state index in [0.29, 0.717) is 48.2 Å². The van der Waals surface area contributed by atoms with E-state index in [9.17, 15) is 9.18 Å². The quantitative estimate of drug-likeness (QED) is 0.560. The van der Waals surface area contributed by atoms with Crippen LogP contribution in [0.3, 0.4) is 0 Å². The van der Waals surface area contributed by atoms with Crippen molar-refractivity contribution in [2.75, 3.05) is 18.6 Å². The number of aryl methyl sites for hydroxylation is 2. The van der Waals surface area contributed by atoms with Gasteiger partial charge in [-0.05, 0) is 61.2 Å². The van der Waals surface area contributed by atoms with E-state index in [0.717, 1.165) is 23.3 Å². The first-order chi connectivity index (χ1) is 14.5. The molecule has 0 saturated heterocycles. The number of carbonyl (C=O) groups is 1. The van der Waals surface area contributed by atoms with Crippen LogP contribution in [-0.4, -0.2) is 29.7 Å². The number of methoxy groups -OCH3 is 1. The number of aromatic nitrogens is 2. The topological polar surface area (TPSA) is 68.5 Å². The van der Waals surface area contributed by atoms with Crippen molar-refractivity contribution in [1.29, 1.82) is 0 Å². The molecular formula is C22H21ClFN3O3. The molecule has 1 aliphatic rings. The van der Waals surface area contributed by atoms with Crippen molar-refractivity contribution in [1.82, 2.24) is 10.1 Å². The average molecular weight is 430 g/mol. The molecule has 0 atom stereocenters. The molecule has 1 aliphatic heterocycles. The Morgan fingerprint density at radius 1 is 1.30 bits per heavy atom. The number of nitrogens with zero attached hydrogens (tertiary/aromatic N) is 3. The number of anilines is 1. The predicted molar refractivity (Wildman–Crippen MR) is 111 cm³/mol. The van der Waals surface area contributed by atoms with Gasteiger partial charge < -0.3 is 14.2 Å². The van der Waals surface area contributed by atoms with Crippen LogP contribution in [0.5, 0.6) is 5.75 Å². The molecule has 0 aliphatic carbocycles. The summed E-state index contributed by atoms with van der Waals surface area (Å²) < 4.78 is 24.9. The molecule has 6 nitrogen and oxygen atoms in total. The van der Waals surface area contributed by atoms with Crippen molar-refractivity contribution < 1.29 is 18.4 Å². The molecule has 30 heavy (non-hydrogen) atoms. The highest BCUT2D eigenvalue weighted by Crippen LogP contribution is 2.33. The summed E-state index contributed by atoms with van der Waals surface area (Å²) in [4.78, 5) is 18.6. The lowest BCUT2D eigenvalue weighted by atomic mass is 10.0. The SMILES string of the molecule is COc1ccc(-c2noc(CCCC(=O)N3CCCc4cc(Cl)cc(F)c43)n2)cc1. The normalized spacial score (nSPS) is 13.2. The van der Waals surface area contributed by atoms with Crippen LogP contribution in [0.1, 0.15) is 30.7 Å². The smallest absolute Gasteiger partial charge is 0.227 e. The molecular weight excluding hydrogens is 409 g/mol. The minimum atomic E-state index is -0.452. The van der Waals surface area contributed by atoms with Crippen LogP contribution >= 0.6 is 11.6 Å². The molecule has 156 valence electrons. The molecule has 2 heterocycles. The third kappa shape index (κ3) is 4.31. The van der Waals surface area contributed by atoms with Crippen molar-refractivity contribution in [2.45, 2.75) is 32.1 Å². The Balaban J connectivity index is 1.36. The molecule has 3 aromatic rings. The largest absolute Gasteiger partial charge is 0.497 e. The van der Waals surface area contributed by atoms with Crippen LogP contribution in [-0.2, 0) is 17.6 Å². The van der Waals surface area contributed by atoms with E-state index >= 15 is 0 Å². The van der Waals surface area contributed by atoms with Gasteiger partial charge in [0.1, 0.15) is 11.6 Å². The third-order valence-corrected chi connectivity index (χ3v) is 5.32. The molecule has 1 aromatic heterocycles. The Morgan fingerprint density at radius 2 is 2.10 bits per heavy atom. The van der Waals surface area contributed by atoms with Gasteiger partial charge in [-0.15, -0.1) is 0 Å². The van der Waals surface area contributed by atoms with Gasteiger partial charge >= 0.3 is 0 Å². The van der Waals surface area contributed by atoms with E-state index in [4.69, 9.17) is 20.9 Å². The van der Waals surface area contributed by atoms with Crippen molar-refractivity contribution in [2.24, 2.45) is 0 Å². The molecule has 0 unspecified atom stereocenters. The summed E-state index contributed by atoms with van der Waals surface area (Å²) in [5.41, 5.74) is 1.96. The van der Waals surface area contributed by atoms with Gasteiger partial charge in [0, 0.05) is 30.0 Å². The Morgan fingerprint density at radius 3 is 2.87 bits per heavy atom. The molecule has 0 fully saturated rings. The van der Waals surface area contributed by atoms with Crippen molar-refractivity contribution in [3.05, 3.63) is 58.7 Å². The Hall–Kier alpha value is -2.93. The lowest BCUT2D eigenvalue weighted by Crippen LogP contribution is -2.36. The van der Waals surface area contributed by atoms with E-state index in [2.05, 4.69) is 10.1 Å². The van der Waals surface area contributed by atoms with E-state index in [1.165, 1.54) is 11.0 Å². The number of hydrogen-bond acceptors (Lipinski definition) is 5. The summed E-state index contributed by atoms with van der Waals surface area (Å²) in [6.07, 6.45) is 2.77.